The Kier molecular flexibility index (Phi) is 5.41. The average Bonchev–Trinajstić information content (AvgIpc) is 3.40. The fourth-order valence-corrected chi connectivity index (χ4v) is 4.74. The number of thiocarbonyl (C=S) groups is 1. The Morgan fingerprint density at radius 1 is 1.00 bits per heavy atom. The molecule has 7 heteroatoms. The van der Waals surface area contributed by atoms with Gasteiger partial charge in [-0.15, -0.1) is 0 Å². The Labute approximate surface area is 196 Å². The van der Waals surface area contributed by atoms with Crippen LogP contribution in [0.2, 0.25) is 5.02 Å². The van der Waals surface area contributed by atoms with E-state index in [0.717, 1.165) is 28.3 Å². The van der Waals surface area contributed by atoms with Crippen LogP contribution in [-0.2, 0) is 0 Å². The summed E-state index contributed by atoms with van der Waals surface area (Å²) in [6.45, 7) is 2.06. The highest BCUT2D eigenvalue weighted by Crippen LogP contribution is 2.42. The number of aromatic nitrogens is 2. The third kappa shape index (κ3) is 3.66. The summed E-state index contributed by atoms with van der Waals surface area (Å²) in [7, 11) is 0. The standard InChI is InChI=1S/C25H20ClFN4S/c1-16-6-4-7-18(14-16)31-24(23(29-25(31)32)21-8-2-3-12-28-21)22-9-5-13-30(22)17-10-11-20(27)19(26)15-17/h2-15,23-24H,1H3,(H,29,32)/t23-,24+/m0/s1. The topological polar surface area (TPSA) is 33.1 Å². The van der Waals surface area contributed by atoms with E-state index in [-0.39, 0.29) is 17.1 Å². The predicted molar refractivity (Wildman–Crippen MR) is 130 cm³/mol. The first-order valence-electron chi connectivity index (χ1n) is 10.2. The van der Waals surface area contributed by atoms with Gasteiger partial charge in [0.15, 0.2) is 5.11 Å². The van der Waals surface area contributed by atoms with Gasteiger partial charge in [0, 0.05) is 29.5 Å². The molecular weight excluding hydrogens is 443 g/mol. The number of halogens is 2. The van der Waals surface area contributed by atoms with Gasteiger partial charge >= 0.3 is 0 Å². The highest BCUT2D eigenvalue weighted by Gasteiger charge is 2.42. The molecule has 5 rings (SSSR count). The van der Waals surface area contributed by atoms with Crippen LogP contribution >= 0.6 is 23.8 Å². The summed E-state index contributed by atoms with van der Waals surface area (Å²) in [5.74, 6) is -0.444. The highest BCUT2D eigenvalue weighted by atomic mass is 35.5. The summed E-state index contributed by atoms with van der Waals surface area (Å²) in [5.41, 5.74) is 4.79. The molecule has 0 aliphatic carbocycles. The van der Waals surface area contributed by atoms with Crippen LogP contribution in [0.3, 0.4) is 0 Å². The van der Waals surface area contributed by atoms with Gasteiger partial charge in [0.1, 0.15) is 11.9 Å². The van der Waals surface area contributed by atoms with Crippen LogP contribution < -0.4 is 10.2 Å². The molecule has 0 unspecified atom stereocenters. The van der Waals surface area contributed by atoms with E-state index in [9.17, 15) is 4.39 Å². The molecule has 2 aromatic carbocycles. The van der Waals surface area contributed by atoms with Gasteiger partial charge in [0.05, 0.1) is 16.8 Å². The number of hydrogen-bond acceptors (Lipinski definition) is 2. The first-order valence-corrected chi connectivity index (χ1v) is 11.0. The maximum atomic E-state index is 13.8. The van der Waals surface area contributed by atoms with E-state index in [1.807, 2.05) is 41.1 Å². The first kappa shape index (κ1) is 20.7. The molecule has 0 saturated carbocycles. The monoisotopic (exact) mass is 462 g/mol. The largest absolute Gasteiger partial charge is 0.351 e. The zero-order chi connectivity index (χ0) is 22.2. The van der Waals surface area contributed by atoms with Crippen LogP contribution in [0.4, 0.5) is 10.1 Å². The Morgan fingerprint density at radius 2 is 1.88 bits per heavy atom. The molecule has 32 heavy (non-hydrogen) atoms. The van der Waals surface area contributed by atoms with E-state index in [4.69, 9.17) is 23.8 Å². The zero-order valence-electron chi connectivity index (χ0n) is 17.2. The molecule has 1 saturated heterocycles. The number of rotatable bonds is 4. The SMILES string of the molecule is Cc1cccc(N2C(=S)N[C@@H](c3ccccn3)[C@H]2c2cccn2-c2ccc(F)c(Cl)c2)c1. The molecule has 1 aliphatic rings. The summed E-state index contributed by atoms with van der Waals surface area (Å²) in [5, 5.41) is 4.18. The predicted octanol–water partition coefficient (Wildman–Crippen LogP) is 6.15. The molecule has 3 heterocycles. The summed E-state index contributed by atoms with van der Waals surface area (Å²) >= 11 is 11.9. The second-order valence-electron chi connectivity index (χ2n) is 7.74. The van der Waals surface area contributed by atoms with Crippen molar-refractivity contribution in [3.05, 3.63) is 113 Å². The second kappa shape index (κ2) is 8.37. The van der Waals surface area contributed by atoms with E-state index in [1.165, 1.54) is 6.07 Å². The zero-order valence-corrected chi connectivity index (χ0v) is 18.8. The van der Waals surface area contributed by atoms with E-state index < -0.39 is 5.82 Å². The second-order valence-corrected chi connectivity index (χ2v) is 8.53. The van der Waals surface area contributed by atoms with Gasteiger partial charge in [0.2, 0.25) is 0 Å². The number of aryl methyl sites for hydroxylation is 1. The summed E-state index contributed by atoms with van der Waals surface area (Å²) in [6.07, 6.45) is 3.73. The number of hydrogen-bond donors (Lipinski definition) is 1. The van der Waals surface area contributed by atoms with Gasteiger partial charge in [0.25, 0.3) is 0 Å². The van der Waals surface area contributed by atoms with E-state index in [1.54, 1.807) is 18.3 Å². The van der Waals surface area contributed by atoms with Gasteiger partial charge < -0.3 is 14.8 Å². The summed E-state index contributed by atoms with van der Waals surface area (Å²) in [6, 6.07) is 22.5. The van der Waals surface area contributed by atoms with Crippen molar-refractivity contribution in [3.8, 4) is 5.69 Å². The van der Waals surface area contributed by atoms with E-state index >= 15 is 0 Å². The molecule has 0 radical (unpaired) electrons. The van der Waals surface area contributed by atoms with Crippen LogP contribution in [-0.4, -0.2) is 14.7 Å². The minimum absolute atomic E-state index is 0.0824. The number of pyridine rings is 1. The van der Waals surface area contributed by atoms with Crippen molar-refractivity contribution >= 4 is 34.6 Å². The Balaban J connectivity index is 1.68. The molecule has 0 bridgehead atoms. The lowest BCUT2D eigenvalue weighted by atomic mass is 10.0. The van der Waals surface area contributed by atoms with Gasteiger partial charge in [-0.05, 0) is 79.3 Å². The smallest absolute Gasteiger partial charge is 0.174 e. The number of nitrogens with zero attached hydrogens (tertiary/aromatic N) is 3. The van der Waals surface area contributed by atoms with Crippen molar-refractivity contribution < 1.29 is 4.39 Å². The van der Waals surface area contributed by atoms with Crippen molar-refractivity contribution in [3.63, 3.8) is 0 Å². The van der Waals surface area contributed by atoms with Gasteiger partial charge in [-0.1, -0.05) is 29.8 Å². The third-order valence-electron chi connectivity index (χ3n) is 5.64. The average molecular weight is 463 g/mol. The van der Waals surface area contributed by atoms with E-state index in [0.29, 0.717) is 5.11 Å². The Hall–Kier alpha value is -3.22. The fourth-order valence-electron chi connectivity index (χ4n) is 4.22. The van der Waals surface area contributed by atoms with Crippen LogP contribution in [0.15, 0.2) is 85.2 Å². The van der Waals surface area contributed by atoms with Crippen molar-refractivity contribution in [2.45, 2.75) is 19.0 Å². The van der Waals surface area contributed by atoms with E-state index in [2.05, 4.69) is 46.4 Å². The highest BCUT2D eigenvalue weighted by molar-refractivity contribution is 7.80. The minimum Gasteiger partial charge on any atom is -0.351 e. The van der Waals surface area contributed by atoms with Gasteiger partial charge in [-0.25, -0.2) is 4.39 Å². The lowest BCUT2D eigenvalue weighted by Crippen LogP contribution is -2.30. The molecule has 4 aromatic rings. The molecule has 0 amide bonds. The molecule has 2 aromatic heterocycles. The quantitative estimate of drug-likeness (QED) is 0.369. The van der Waals surface area contributed by atoms with Gasteiger partial charge in [-0.3, -0.25) is 4.98 Å². The maximum absolute atomic E-state index is 13.8. The molecule has 0 spiro atoms. The molecule has 1 N–H and O–H groups in total. The minimum atomic E-state index is -0.444. The molecule has 160 valence electrons. The summed E-state index contributed by atoms with van der Waals surface area (Å²) in [4.78, 5) is 6.72. The molecule has 2 atom stereocenters. The van der Waals surface area contributed by atoms with Crippen molar-refractivity contribution in [2.75, 3.05) is 4.90 Å². The molecule has 4 nitrogen and oxygen atoms in total. The Bertz CT molecular complexity index is 1290. The number of nitrogens with one attached hydrogen (secondary N) is 1. The van der Waals surface area contributed by atoms with Crippen LogP contribution in [0.1, 0.15) is 29.0 Å². The molecule has 1 aliphatic heterocycles. The lowest BCUT2D eigenvalue weighted by Gasteiger charge is -2.29. The molecular formula is C25H20ClFN4S. The summed E-state index contributed by atoms with van der Waals surface area (Å²) < 4.78 is 15.8. The number of benzene rings is 2. The van der Waals surface area contributed by atoms with Crippen LogP contribution in [0, 0.1) is 12.7 Å². The van der Waals surface area contributed by atoms with Crippen molar-refractivity contribution in [1.82, 2.24) is 14.9 Å². The Morgan fingerprint density at radius 3 is 2.62 bits per heavy atom. The number of anilines is 1. The fraction of sp³-hybridized carbons (Fsp3) is 0.120. The van der Waals surface area contributed by atoms with Crippen molar-refractivity contribution in [1.29, 1.82) is 0 Å². The molecule has 1 fully saturated rings. The van der Waals surface area contributed by atoms with Crippen LogP contribution in [0.5, 0.6) is 0 Å². The lowest BCUT2D eigenvalue weighted by molar-refractivity contribution is 0.549. The van der Waals surface area contributed by atoms with Gasteiger partial charge in [-0.2, -0.15) is 0 Å². The van der Waals surface area contributed by atoms with Crippen molar-refractivity contribution in [2.24, 2.45) is 0 Å². The third-order valence-corrected chi connectivity index (χ3v) is 6.25. The normalized spacial score (nSPS) is 18.1. The van der Waals surface area contributed by atoms with Crippen LogP contribution in [0.25, 0.3) is 5.69 Å². The first-order chi connectivity index (χ1) is 15.5. The maximum Gasteiger partial charge on any atom is 0.174 e.